The Labute approximate surface area is 175 Å². The summed E-state index contributed by atoms with van der Waals surface area (Å²) in [6, 6.07) is 8.88. The SMILES string of the molecule is Cc1ccc(-c2cc(NS(=O)(=O)c3c(C)n[nH]c3C)n([C@@H]3CCS(=O)(=O)C3)n2)cc1. The standard InChI is InChI=1S/C19H23N5O4S2/c1-12-4-6-15(7-5-12)17-10-18(24(22-17)16-8-9-29(25,26)11-16)23-30(27,28)19-13(2)20-21-14(19)3/h4-7,10,16,23H,8-9,11H2,1-3H3,(H,20,21)/t16-/m1/s1. The van der Waals surface area contributed by atoms with Crippen LogP contribution in [0.5, 0.6) is 0 Å². The van der Waals surface area contributed by atoms with Crippen LogP contribution in [-0.2, 0) is 19.9 Å². The van der Waals surface area contributed by atoms with Gasteiger partial charge in [0.05, 0.1) is 34.6 Å². The molecule has 1 aliphatic rings. The van der Waals surface area contributed by atoms with Gasteiger partial charge < -0.3 is 0 Å². The molecular weight excluding hydrogens is 426 g/mol. The van der Waals surface area contributed by atoms with Crippen LogP contribution in [0.4, 0.5) is 5.82 Å². The molecule has 0 amide bonds. The lowest BCUT2D eigenvalue weighted by atomic mass is 10.1. The average Bonchev–Trinajstić information content (AvgIpc) is 3.32. The van der Waals surface area contributed by atoms with Crippen LogP contribution in [0.25, 0.3) is 11.3 Å². The molecule has 11 heteroatoms. The monoisotopic (exact) mass is 449 g/mol. The number of sulfone groups is 1. The van der Waals surface area contributed by atoms with Crippen molar-refractivity contribution >= 4 is 25.7 Å². The van der Waals surface area contributed by atoms with E-state index in [9.17, 15) is 16.8 Å². The Balaban J connectivity index is 1.78. The first-order valence-corrected chi connectivity index (χ1v) is 12.8. The van der Waals surface area contributed by atoms with E-state index in [2.05, 4.69) is 20.0 Å². The first kappa shape index (κ1) is 20.6. The third-order valence-electron chi connectivity index (χ3n) is 5.21. The zero-order valence-electron chi connectivity index (χ0n) is 16.9. The van der Waals surface area contributed by atoms with Crippen LogP contribution in [0.15, 0.2) is 35.2 Å². The Kier molecular flexibility index (Phi) is 4.97. The highest BCUT2D eigenvalue weighted by atomic mass is 32.2. The van der Waals surface area contributed by atoms with Gasteiger partial charge in [0.15, 0.2) is 9.84 Å². The van der Waals surface area contributed by atoms with Gasteiger partial charge in [0, 0.05) is 11.6 Å². The molecule has 3 aromatic rings. The van der Waals surface area contributed by atoms with Crippen molar-refractivity contribution in [3.05, 3.63) is 47.3 Å². The molecule has 1 saturated heterocycles. The largest absolute Gasteiger partial charge is 0.281 e. The molecule has 9 nitrogen and oxygen atoms in total. The van der Waals surface area contributed by atoms with Gasteiger partial charge in [0.2, 0.25) is 0 Å². The fraction of sp³-hybridized carbons (Fsp3) is 0.368. The van der Waals surface area contributed by atoms with Gasteiger partial charge in [-0.3, -0.25) is 9.82 Å². The maximum atomic E-state index is 13.1. The molecule has 160 valence electrons. The highest BCUT2D eigenvalue weighted by molar-refractivity contribution is 7.92. The van der Waals surface area contributed by atoms with Gasteiger partial charge in [-0.05, 0) is 27.2 Å². The van der Waals surface area contributed by atoms with E-state index in [1.54, 1.807) is 19.9 Å². The zero-order chi connectivity index (χ0) is 21.7. The van der Waals surface area contributed by atoms with Crippen molar-refractivity contribution in [2.45, 2.75) is 38.1 Å². The van der Waals surface area contributed by atoms with E-state index in [0.29, 0.717) is 23.5 Å². The Hall–Kier alpha value is -2.66. The molecule has 1 fully saturated rings. The van der Waals surface area contributed by atoms with Crippen LogP contribution < -0.4 is 4.72 Å². The van der Waals surface area contributed by atoms with Gasteiger partial charge in [-0.2, -0.15) is 10.2 Å². The molecule has 2 aromatic heterocycles. The first-order chi connectivity index (χ1) is 14.1. The Morgan fingerprint density at radius 2 is 1.87 bits per heavy atom. The summed E-state index contributed by atoms with van der Waals surface area (Å²) in [6.07, 6.45) is 0.385. The summed E-state index contributed by atoms with van der Waals surface area (Å²) in [5.74, 6) is 0.219. The third kappa shape index (κ3) is 3.86. The molecule has 0 saturated carbocycles. The van der Waals surface area contributed by atoms with Crippen LogP contribution in [-0.4, -0.2) is 48.3 Å². The van der Waals surface area contributed by atoms with E-state index < -0.39 is 25.9 Å². The fourth-order valence-electron chi connectivity index (χ4n) is 3.71. The zero-order valence-corrected chi connectivity index (χ0v) is 18.5. The summed E-state index contributed by atoms with van der Waals surface area (Å²) in [6.45, 7) is 5.21. The molecule has 4 rings (SSSR count). The van der Waals surface area contributed by atoms with Crippen LogP contribution in [0.1, 0.15) is 29.4 Å². The second-order valence-corrected chi connectivity index (χ2v) is 11.5. The number of hydrogen-bond donors (Lipinski definition) is 2. The highest BCUT2D eigenvalue weighted by Crippen LogP contribution is 2.32. The molecule has 1 aromatic carbocycles. The van der Waals surface area contributed by atoms with Crippen LogP contribution in [0.2, 0.25) is 0 Å². The van der Waals surface area contributed by atoms with E-state index in [-0.39, 0.29) is 22.2 Å². The van der Waals surface area contributed by atoms with Crippen molar-refractivity contribution in [2.75, 3.05) is 16.2 Å². The number of H-pyrrole nitrogens is 1. The molecule has 0 bridgehead atoms. The topological polar surface area (TPSA) is 127 Å². The lowest BCUT2D eigenvalue weighted by Gasteiger charge is -2.14. The summed E-state index contributed by atoms with van der Waals surface area (Å²) >= 11 is 0. The van der Waals surface area contributed by atoms with Crippen molar-refractivity contribution < 1.29 is 16.8 Å². The molecule has 30 heavy (non-hydrogen) atoms. The fourth-order valence-corrected chi connectivity index (χ4v) is 6.81. The van der Waals surface area contributed by atoms with Crippen LogP contribution in [0, 0.1) is 20.8 Å². The first-order valence-electron chi connectivity index (χ1n) is 9.47. The molecule has 1 atom stereocenters. The number of hydrogen-bond acceptors (Lipinski definition) is 6. The van der Waals surface area contributed by atoms with Gasteiger partial charge in [0.25, 0.3) is 10.0 Å². The molecule has 0 spiro atoms. The Bertz CT molecular complexity index is 1290. The molecule has 1 aliphatic heterocycles. The van der Waals surface area contributed by atoms with Crippen LogP contribution >= 0.6 is 0 Å². The number of benzene rings is 1. The van der Waals surface area contributed by atoms with Crippen molar-refractivity contribution in [2.24, 2.45) is 0 Å². The maximum absolute atomic E-state index is 13.1. The minimum absolute atomic E-state index is 0.0591. The Morgan fingerprint density at radius 1 is 1.17 bits per heavy atom. The van der Waals surface area contributed by atoms with E-state index in [1.807, 2.05) is 31.2 Å². The molecule has 0 radical (unpaired) electrons. The normalized spacial score (nSPS) is 18.6. The molecule has 0 aliphatic carbocycles. The number of anilines is 1. The van der Waals surface area contributed by atoms with Gasteiger partial charge in [-0.25, -0.2) is 21.5 Å². The van der Waals surface area contributed by atoms with E-state index >= 15 is 0 Å². The quantitative estimate of drug-likeness (QED) is 0.616. The predicted octanol–water partition coefficient (Wildman–Crippen LogP) is 2.36. The molecular formula is C19H23N5O4S2. The summed E-state index contributed by atoms with van der Waals surface area (Å²) in [5, 5.41) is 11.2. The van der Waals surface area contributed by atoms with Crippen molar-refractivity contribution in [1.82, 2.24) is 20.0 Å². The van der Waals surface area contributed by atoms with Crippen LogP contribution in [0.3, 0.4) is 0 Å². The molecule has 0 unspecified atom stereocenters. The number of aromatic nitrogens is 4. The van der Waals surface area contributed by atoms with Gasteiger partial charge in [-0.1, -0.05) is 29.8 Å². The smallest absolute Gasteiger partial charge is 0.266 e. The summed E-state index contributed by atoms with van der Waals surface area (Å²) in [5.41, 5.74) is 3.25. The minimum atomic E-state index is -3.94. The maximum Gasteiger partial charge on any atom is 0.266 e. The Morgan fingerprint density at radius 3 is 2.43 bits per heavy atom. The highest BCUT2D eigenvalue weighted by Gasteiger charge is 2.33. The number of aryl methyl sites for hydroxylation is 3. The van der Waals surface area contributed by atoms with Crippen molar-refractivity contribution in [3.63, 3.8) is 0 Å². The summed E-state index contributed by atoms with van der Waals surface area (Å²) < 4.78 is 54.2. The number of nitrogens with one attached hydrogen (secondary N) is 2. The third-order valence-corrected chi connectivity index (χ3v) is 8.57. The van der Waals surface area contributed by atoms with Gasteiger partial charge in [0.1, 0.15) is 10.7 Å². The number of nitrogens with zero attached hydrogens (tertiary/aromatic N) is 3. The lowest BCUT2D eigenvalue weighted by molar-refractivity contribution is 0.507. The number of rotatable bonds is 5. The predicted molar refractivity (Wildman–Crippen MR) is 114 cm³/mol. The van der Waals surface area contributed by atoms with Crippen molar-refractivity contribution in [1.29, 1.82) is 0 Å². The second kappa shape index (κ2) is 7.24. The lowest BCUT2D eigenvalue weighted by Crippen LogP contribution is -2.20. The summed E-state index contributed by atoms with van der Waals surface area (Å²) in [7, 11) is -7.12. The number of aromatic amines is 1. The van der Waals surface area contributed by atoms with E-state index in [0.717, 1.165) is 11.1 Å². The van der Waals surface area contributed by atoms with Gasteiger partial charge >= 0.3 is 0 Å². The van der Waals surface area contributed by atoms with Crippen molar-refractivity contribution in [3.8, 4) is 11.3 Å². The molecule has 2 N–H and O–H groups in total. The van der Waals surface area contributed by atoms with E-state index in [4.69, 9.17) is 0 Å². The second-order valence-electron chi connectivity index (χ2n) is 7.65. The van der Waals surface area contributed by atoms with E-state index in [1.165, 1.54) is 4.68 Å². The average molecular weight is 450 g/mol. The van der Waals surface area contributed by atoms with Gasteiger partial charge in [-0.15, -0.1) is 0 Å². The molecule has 3 heterocycles. The minimum Gasteiger partial charge on any atom is -0.281 e. The summed E-state index contributed by atoms with van der Waals surface area (Å²) in [4.78, 5) is 0.0752. The number of sulfonamides is 1.